The number of benzene rings is 3. The number of aliphatic hydroxyl groups is 1. The number of nitrogens with one attached hydrogen (secondary N) is 2. The van der Waals surface area contributed by atoms with Gasteiger partial charge >= 0.3 is 0 Å². The Morgan fingerprint density at radius 2 is 1.90 bits per heavy atom. The summed E-state index contributed by atoms with van der Waals surface area (Å²) < 4.78 is 5.45. The van der Waals surface area contributed by atoms with E-state index < -0.39 is 0 Å². The van der Waals surface area contributed by atoms with Crippen LogP contribution in [0.1, 0.15) is 24.2 Å². The number of aliphatic hydroxyl groups excluding tert-OH is 1. The first-order valence-corrected chi connectivity index (χ1v) is 9.98. The van der Waals surface area contributed by atoms with Crippen molar-refractivity contribution in [2.24, 2.45) is 5.92 Å². The highest BCUT2D eigenvalue weighted by Gasteiger charge is 2.21. The van der Waals surface area contributed by atoms with E-state index in [0.717, 1.165) is 32.9 Å². The normalized spacial score (nSPS) is 12.4. The molecule has 0 radical (unpaired) electrons. The Labute approximate surface area is 174 Å². The number of aromatic nitrogens is 2. The molecule has 6 heteroatoms. The first kappa shape index (κ1) is 19.9. The highest BCUT2D eigenvalue weighted by molar-refractivity contribution is 6.04. The van der Waals surface area contributed by atoms with E-state index in [1.807, 2.05) is 32.0 Å². The van der Waals surface area contributed by atoms with Crippen LogP contribution in [0.4, 0.5) is 0 Å². The van der Waals surface area contributed by atoms with Gasteiger partial charge in [0.05, 0.1) is 36.5 Å². The lowest BCUT2D eigenvalue weighted by Crippen LogP contribution is -2.41. The van der Waals surface area contributed by atoms with Gasteiger partial charge < -0.3 is 15.2 Å². The van der Waals surface area contributed by atoms with Crippen LogP contribution in [-0.2, 0) is 0 Å². The molecule has 4 aromatic rings. The zero-order chi connectivity index (χ0) is 21.3. The number of fused-ring (bicyclic) bond motifs is 2. The van der Waals surface area contributed by atoms with Gasteiger partial charge in [-0.1, -0.05) is 50.2 Å². The maximum atomic E-state index is 13.0. The highest BCUT2D eigenvalue weighted by Crippen LogP contribution is 2.33. The number of methoxy groups -OCH3 is 1. The average molecular weight is 403 g/mol. The molecule has 1 atom stereocenters. The van der Waals surface area contributed by atoms with Crippen molar-refractivity contribution in [1.82, 2.24) is 15.5 Å². The molecule has 4 rings (SSSR count). The maximum absolute atomic E-state index is 13.0. The summed E-state index contributed by atoms with van der Waals surface area (Å²) in [4.78, 5) is 13.0. The highest BCUT2D eigenvalue weighted by atomic mass is 16.5. The second-order valence-corrected chi connectivity index (χ2v) is 7.74. The van der Waals surface area contributed by atoms with Gasteiger partial charge in [0.15, 0.2) is 0 Å². The molecule has 0 saturated carbocycles. The number of hydrogen-bond donors (Lipinski definition) is 3. The van der Waals surface area contributed by atoms with Gasteiger partial charge in [-0.15, -0.1) is 0 Å². The topological polar surface area (TPSA) is 87.2 Å². The minimum atomic E-state index is -0.331. The first-order valence-electron chi connectivity index (χ1n) is 9.98. The minimum absolute atomic E-state index is 0.107. The van der Waals surface area contributed by atoms with Gasteiger partial charge in [0.1, 0.15) is 5.75 Å². The zero-order valence-corrected chi connectivity index (χ0v) is 17.3. The van der Waals surface area contributed by atoms with Gasteiger partial charge in [-0.2, -0.15) is 5.10 Å². The van der Waals surface area contributed by atoms with Crippen molar-refractivity contribution in [3.05, 3.63) is 60.2 Å². The Morgan fingerprint density at radius 3 is 2.60 bits per heavy atom. The molecule has 0 aliphatic rings. The SMILES string of the molecule is COc1cc2[nH]nc(-c3ccc4ccccc4c3)c2cc1C(=O)N[C@H](CO)C(C)C. The molecule has 6 nitrogen and oxygen atoms in total. The molecule has 0 aliphatic heterocycles. The summed E-state index contributed by atoms with van der Waals surface area (Å²) in [5.41, 5.74) is 2.93. The van der Waals surface area contributed by atoms with Gasteiger partial charge in [-0.25, -0.2) is 0 Å². The van der Waals surface area contributed by atoms with Crippen molar-refractivity contribution in [2.45, 2.75) is 19.9 Å². The molecule has 0 fully saturated rings. The molecular formula is C24H25N3O3. The zero-order valence-electron chi connectivity index (χ0n) is 17.3. The first-order chi connectivity index (χ1) is 14.5. The molecular weight excluding hydrogens is 378 g/mol. The number of rotatable bonds is 6. The van der Waals surface area contributed by atoms with Gasteiger partial charge in [0.25, 0.3) is 5.91 Å². The van der Waals surface area contributed by atoms with Crippen molar-refractivity contribution in [3.8, 4) is 17.0 Å². The van der Waals surface area contributed by atoms with E-state index >= 15 is 0 Å². The fourth-order valence-corrected chi connectivity index (χ4v) is 3.62. The number of aromatic amines is 1. The number of carbonyl (C=O) groups is 1. The minimum Gasteiger partial charge on any atom is -0.496 e. The predicted octanol–water partition coefficient (Wildman–Crippen LogP) is 4.14. The molecule has 0 bridgehead atoms. The summed E-state index contributed by atoms with van der Waals surface area (Å²) in [6.45, 7) is 3.78. The molecule has 0 unspecified atom stereocenters. The lowest BCUT2D eigenvalue weighted by Gasteiger charge is -2.20. The van der Waals surface area contributed by atoms with Crippen LogP contribution in [0.2, 0.25) is 0 Å². The number of carbonyl (C=O) groups excluding carboxylic acids is 1. The summed E-state index contributed by atoms with van der Waals surface area (Å²) in [7, 11) is 1.53. The molecule has 0 aliphatic carbocycles. The van der Waals surface area contributed by atoms with Crippen molar-refractivity contribution in [1.29, 1.82) is 0 Å². The fraction of sp³-hybridized carbons (Fsp3) is 0.250. The molecule has 1 heterocycles. The largest absolute Gasteiger partial charge is 0.496 e. The van der Waals surface area contributed by atoms with Crippen LogP contribution in [0.3, 0.4) is 0 Å². The van der Waals surface area contributed by atoms with E-state index in [1.165, 1.54) is 7.11 Å². The maximum Gasteiger partial charge on any atom is 0.255 e. The Kier molecular flexibility index (Phi) is 5.42. The smallest absolute Gasteiger partial charge is 0.255 e. The molecule has 3 aromatic carbocycles. The Bertz CT molecular complexity index is 1210. The number of amides is 1. The number of hydrogen-bond acceptors (Lipinski definition) is 4. The van der Waals surface area contributed by atoms with Gasteiger partial charge in [0.2, 0.25) is 0 Å². The van der Waals surface area contributed by atoms with Crippen LogP contribution in [0.15, 0.2) is 54.6 Å². The van der Waals surface area contributed by atoms with Gasteiger partial charge in [-0.3, -0.25) is 9.89 Å². The Balaban J connectivity index is 1.79. The predicted molar refractivity (Wildman–Crippen MR) is 119 cm³/mol. The molecule has 1 amide bonds. The molecule has 1 aromatic heterocycles. The third kappa shape index (κ3) is 3.62. The summed E-state index contributed by atoms with van der Waals surface area (Å²) in [5, 5.41) is 23.1. The Morgan fingerprint density at radius 1 is 1.13 bits per heavy atom. The summed E-state index contributed by atoms with van der Waals surface area (Å²) >= 11 is 0. The van der Waals surface area contributed by atoms with Crippen LogP contribution in [0.5, 0.6) is 5.75 Å². The van der Waals surface area contributed by atoms with Crippen LogP contribution < -0.4 is 10.1 Å². The third-order valence-corrected chi connectivity index (χ3v) is 5.47. The van der Waals surface area contributed by atoms with E-state index in [1.54, 1.807) is 12.1 Å². The van der Waals surface area contributed by atoms with Crippen LogP contribution >= 0.6 is 0 Å². The standard InChI is InChI=1S/C24H25N3O3/c1-14(2)21(13-28)25-24(29)19-11-18-20(12-22(19)30-3)26-27-23(18)17-9-8-15-6-4-5-7-16(15)10-17/h4-12,14,21,28H,13H2,1-3H3,(H,25,29)(H,26,27)/t21-/m1/s1. The third-order valence-electron chi connectivity index (χ3n) is 5.47. The molecule has 0 saturated heterocycles. The molecule has 154 valence electrons. The molecule has 3 N–H and O–H groups in total. The number of ether oxygens (including phenoxy) is 1. The molecule has 0 spiro atoms. The van der Waals surface area contributed by atoms with Crippen molar-refractivity contribution < 1.29 is 14.6 Å². The summed E-state index contributed by atoms with van der Waals surface area (Å²) in [6.07, 6.45) is 0. The van der Waals surface area contributed by atoms with E-state index in [4.69, 9.17) is 4.74 Å². The Hall–Kier alpha value is -3.38. The monoisotopic (exact) mass is 403 g/mol. The lowest BCUT2D eigenvalue weighted by molar-refractivity contribution is 0.0894. The summed E-state index contributed by atoms with van der Waals surface area (Å²) in [6, 6.07) is 17.6. The lowest BCUT2D eigenvalue weighted by atomic mass is 10.0. The van der Waals surface area contributed by atoms with Crippen LogP contribution in [0.25, 0.3) is 32.9 Å². The van der Waals surface area contributed by atoms with Gasteiger partial charge in [0, 0.05) is 17.0 Å². The van der Waals surface area contributed by atoms with E-state index in [-0.39, 0.29) is 24.5 Å². The number of H-pyrrole nitrogens is 1. The van der Waals surface area contributed by atoms with Crippen molar-refractivity contribution in [2.75, 3.05) is 13.7 Å². The second-order valence-electron chi connectivity index (χ2n) is 7.74. The van der Waals surface area contributed by atoms with Crippen molar-refractivity contribution in [3.63, 3.8) is 0 Å². The fourth-order valence-electron chi connectivity index (χ4n) is 3.62. The van der Waals surface area contributed by atoms with Gasteiger partial charge in [-0.05, 0) is 28.8 Å². The van der Waals surface area contributed by atoms with Crippen LogP contribution in [-0.4, -0.2) is 41.0 Å². The second kappa shape index (κ2) is 8.16. The number of nitrogens with zero attached hydrogens (tertiary/aromatic N) is 1. The van der Waals surface area contributed by atoms with E-state index in [9.17, 15) is 9.90 Å². The van der Waals surface area contributed by atoms with E-state index in [2.05, 4.69) is 39.8 Å². The average Bonchev–Trinajstić information content (AvgIpc) is 3.18. The van der Waals surface area contributed by atoms with Crippen molar-refractivity contribution >= 4 is 27.6 Å². The van der Waals surface area contributed by atoms with E-state index in [0.29, 0.717) is 11.3 Å². The molecule has 30 heavy (non-hydrogen) atoms. The quantitative estimate of drug-likeness (QED) is 0.452. The van der Waals surface area contributed by atoms with Crippen LogP contribution in [0, 0.1) is 5.92 Å². The summed E-state index contributed by atoms with van der Waals surface area (Å²) in [5.74, 6) is 0.275.